The third-order valence-electron chi connectivity index (χ3n) is 3.77. The lowest BCUT2D eigenvalue weighted by Crippen LogP contribution is -2.10. The second-order valence-electron chi connectivity index (χ2n) is 5.32. The van der Waals surface area contributed by atoms with Crippen LogP contribution < -0.4 is 5.73 Å². The fraction of sp³-hybridized carbons (Fsp3) is 0.375. The maximum Gasteiger partial charge on any atom is 0.160 e. The molecule has 20 heavy (non-hydrogen) atoms. The third kappa shape index (κ3) is 2.39. The van der Waals surface area contributed by atoms with Crippen molar-refractivity contribution in [1.29, 1.82) is 0 Å². The number of hydrogen-bond acceptors (Lipinski definition) is 4. The molecule has 4 heteroatoms. The molecule has 1 aromatic heterocycles. The molecule has 1 aliphatic heterocycles. The molecule has 2 atom stereocenters. The van der Waals surface area contributed by atoms with E-state index in [-0.39, 0.29) is 12.2 Å². The summed E-state index contributed by atoms with van der Waals surface area (Å²) in [5.74, 6) is 1.24. The first-order valence-electron chi connectivity index (χ1n) is 7.00. The van der Waals surface area contributed by atoms with Gasteiger partial charge < -0.3 is 10.5 Å². The van der Waals surface area contributed by atoms with E-state index in [1.54, 1.807) is 0 Å². The van der Waals surface area contributed by atoms with E-state index in [1.165, 1.54) is 0 Å². The average Bonchev–Trinajstić information content (AvgIpc) is 2.89. The van der Waals surface area contributed by atoms with Gasteiger partial charge >= 0.3 is 0 Å². The standard InChI is InChI=1S/C16H19N3O/c1-10-8-9-13(20-10)16-18-14(11(2)15(17)19-16)12-6-4-3-5-7-12/h3-7,10,13H,8-9H2,1-2H3,(H2,17,18,19). The maximum absolute atomic E-state index is 6.05. The Morgan fingerprint density at radius 1 is 1.15 bits per heavy atom. The molecule has 1 aliphatic rings. The summed E-state index contributed by atoms with van der Waals surface area (Å²) < 4.78 is 5.85. The van der Waals surface area contributed by atoms with Crippen molar-refractivity contribution in [3.8, 4) is 11.3 Å². The van der Waals surface area contributed by atoms with Crippen molar-refractivity contribution < 1.29 is 4.74 Å². The lowest BCUT2D eigenvalue weighted by atomic mass is 10.1. The summed E-state index contributed by atoms with van der Waals surface area (Å²) in [6.45, 7) is 4.04. The van der Waals surface area contributed by atoms with Crippen molar-refractivity contribution in [3.63, 3.8) is 0 Å². The molecule has 2 heterocycles. The predicted octanol–water partition coefficient (Wildman–Crippen LogP) is 3.27. The van der Waals surface area contributed by atoms with Crippen LogP contribution in [-0.4, -0.2) is 16.1 Å². The van der Waals surface area contributed by atoms with Crippen LogP contribution in [0.1, 0.15) is 37.3 Å². The smallest absolute Gasteiger partial charge is 0.160 e. The van der Waals surface area contributed by atoms with Gasteiger partial charge in [-0.15, -0.1) is 0 Å². The predicted molar refractivity (Wildman–Crippen MR) is 79.1 cm³/mol. The lowest BCUT2D eigenvalue weighted by molar-refractivity contribution is 0.0504. The van der Waals surface area contributed by atoms with Crippen LogP contribution in [0.25, 0.3) is 11.3 Å². The van der Waals surface area contributed by atoms with Crippen LogP contribution in [0.3, 0.4) is 0 Å². The highest BCUT2D eigenvalue weighted by Crippen LogP contribution is 2.33. The van der Waals surface area contributed by atoms with Crippen LogP contribution >= 0.6 is 0 Å². The number of nitrogens with two attached hydrogens (primary N) is 1. The summed E-state index contributed by atoms with van der Waals surface area (Å²) in [6, 6.07) is 10.1. The molecule has 0 amide bonds. The van der Waals surface area contributed by atoms with Crippen LogP contribution in [-0.2, 0) is 4.74 Å². The van der Waals surface area contributed by atoms with Crippen molar-refractivity contribution in [3.05, 3.63) is 41.7 Å². The minimum atomic E-state index is -0.0321. The summed E-state index contributed by atoms with van der Waals surface area (Å²) in [6.07, 6.45) is 2.24. The first-order valence-corrected chi connectivity index (χ1v) is 7.00. The van der Waals surface area contributed by atoms with Crippen LogP contribution in [0.4, 0.5) is 5.82 Å². The highest BCUT2D eigenvalue weighted by molar-refractivity contribution is 5.67. The van der Waals surface area contributed by atoms with E-state index in [9.17, 15) is 0 Å². The normalized spacial score (nSPS) is 22.1. The minimum Gasteiger partial charge on any atom is -0.383 e. The van der Waals surface area contributed by atoms with E-state index in [4.69, 9.17) is 15.5 Å². The number of hydrogen-bond donors (Lipinski definition) is 1. The first-order chi connectivity index (χ1) is 9.65. The summed E-state index contributed by atoms with van der Waals surface area (Å²) in [4.78, 5) is 9.12. The summed E-state index contributed by atoms with van der Waals surface area (Å²) in [7, 11) is 0. The van der Waals surface area contributed by atoms with Gasteiger partial charge in [-0.3, -0.25) is 0 Å². The number of benzene rings is 1. The SMILES string of the molecule is Cc1c(N)nc(C2CCC(C)O2)nc1-c1ccccc1. The van der Waals surface area contributed by atoms with Crippen molar-refractivity contribution in [2.75, 3.05) is 5.73 Å². The zero-order valence-electron chi connectivity index (χ0n) is 11.8. The molecule has 104 valence electrons. The van der Waals surface area contributed by atoms with Gasteiger partial charge in [-0.25, -0.2) is 9.97 Å². The molecule has 4 nitrogen and oxygen atoms in total. The lowest BCUT2D eigenvalue weighted by Gasteiger charge is -2.14. The average molecular weight is 269 g/mol. The zero-order chi connectivity index (χ0) is 14.1. The van der Waals surface area contributed by atoms with E-state index in [2.05, 4.69) is 11.9 Å². The van der Waals surface area contributed by atoms with E-state index < -0.39 is 0 Å². The molecule has 1 aromatic carbocycles. The van der Waals surface area contributed by atoms with E-state index in [0.717, 1.165) is 29.7 Å². The maximum atomic E-state index is 6.05. The minimum absolute atomic E-state index is 0.0321. The molecule has 0 spiro atoms. The van der Waals surface area contributed by atoms with E-state index >= 15 is 0 Å². The summed E-state index contributed by atoms with van der Waals surface area (Å²) in [5.41, 5.74) is 8.94. The number of anilines is 1. The molecule has 2 aromatic rings. The Hall–Kier alpha value is -1.94. The number of rotatable bonds is 2. The largest absolute Gasteiger partial charge is 0.383 e. The Morgan fingerprint density at radius 3 is 2.55 bits per heavy atom. The number of aromatic nitrogens is 2. The fourth-order valence-electron chi connectivity index (χ4n) is 2.57. The number of nitrogens with zero attached hydrogens (tertiary/aromatic N) is 2. The van der Waals surface area contributed by atoms with E-state index in [1.807, 2.05) is 37.3 Å². The Balaban J connectivity index is 2.04. The van der Waals surface area contributed by atoms with Gasteiger partial charge in [0.15, 0.2) is 5.82 Å². The molecular formula is C16H19N3O. The Morgan fingerprint density at radius 2 is 1.90 bits per heavy atom. The highest BCUT2D eigenvalue weighted by Gasteiger charge is 2.27. The number of ether oxygens (including phenoxy) is 1. The molecule has 0 saturated carbocycles. The van der Waals surface area contributed by atoms with Gasteiger partial charge in [0.2, 0.25) is 0 Å². The third-order valence-corrected chi connectivity index (χ3v) is 3.77. The molecule has 2 unspecified atom stereocenters. The highest BCUT2D eigenvalue weighted by atomic mass is 16.5. The molecule has 0 radical (unpaired) electrons. The van der Waals surface area contributed by atoms with E-state index in [0.29, 0.717) is 11.6 Å². The van der Waals surface area contributed by atoms with Crippen LogP contribution in [0.5, 0.6) is 0 Å². The van der Waals surface area contributed by atoms with Gasteiger partial charge in [0.25, 0.3) is 0 Å². The molecule has 1 fully saturated rings. The molecule has 3 rings (SSSR count). The van der Waals surface area contributed by atoms with Gasteiger partial charge in [-0.2, -0.15) is 0 Å². The van der Waals surface area contributed by atoms with Crippen LogP contribution in [0, 0.1) is 6.92 Å². The fourth-order valence-corrected chi connectivity index (χ4v) is 2.57. The summed E-state index contributed by atoms with van der Waals surface area (Å²) in [5, 5.41) is 0. The van der Waals surface area contributed by atoms with Gasteiger partial charge in [0.05, 0.1) is 11.8 Å². The van der Waals surface area contributed by atoms with Gasteiger partial charge in [-0.1, -0.05) is 30.3 Å². The number of nitrogen functional groups attached to an aromatic ring is 1. The Labute approximate surface area is 119 Å². The Kier molecular flexibility index (Phi) is 3.40. The first kappa shape index (κ1) is 13.1. The second-order valence-corrected chi connectivity index (χ2v) is 5.32. The van der Waals surface area contributed by atoms with Crippen molar-refractivity contribution in [2.24, 2.45) is 0 Å². The monoisotopic (exact) mass is 269 g/mol. The van der Waals surface area contributed by atoms with Crippen LogP contribution in [0.15, 0.2) is 30.3 Å². The van der Waals surface area contributed by atoms with Crippen molar-refractivity contribution in [1.82, 2.24) is 9.97 Å². The molecule has 2 N–H and O–H groups in total. The summed E-state index contributed by atoms with van der Waals surface area (Å²) >= 11 is 0. The molecule has 0 bridgehead atoms. The van der Waals surface area contributed by atoms with Gasteiger partial charge in [-0.05, 0) is 26.7 Å². The molecular weight excluding hydrogens is 250 g/mol. The van der Waals surface area contributed by atoms with Gasteiger partial charge in [0, 0.05) is 11.1 Å². The van der Waals surface area contributed by atoms with Crippen LogP contribution in [0.2, 0.25) is 0 Å². The van der Waals surface area contributed by atoms with Crippen molar-refractivity contribution >= 4 is 5.82 Å². The zero-order valence-corrected chi connectivity index (χ0v) is 11.8. The topological polar surface area (TPSA) is 61.0 Å². The quantitative estimate of drug-likeness (QED) is 0.909. The Bertz CT molecular complexity index is 613. The van der Waals surface area contributed by atoms with Gasteiger partial charge in [0.1, 0.15) is 11.9 Å². The molecule has 0 aliphatic carbocycles. The molecule has 1 saturated heterocycles. The van der Waals surface area contributed by atoms with Crippen molar-refractivity contribution in [2.45, 2.75) is 38.9 Å². The second kappa shape index (κ2) is 5.21.